The van der Waals surface area contributed by atoms with E-state index in [0.29, 0.717) is 12.6 Å². The van der Waals surface area contributed by atoms with Crippen LogP contribution in [-0.2, 0) is 6.61 Å². The fourth-order valence-corrected chi connectivity index (χ4v) is 3.31. The Hall–Kier alpha value is -3.08. The zero-order valence-corrected chi connectivity index (χ0v) is 15.3. The van der Waals surface area contributed by atoms with Gasteiger partial charge in [-0.25, -0.2) is 9.97 Å². The molecule has 1 saturated carbocycles. The second-order valence-electron chi connectivity index (χ2n) is 6.84. The van der Waals surface area contributed by atoms with Gasteiger partial charge < -0.3 is 15.4 Å². The molecule has 1 aromatic heterocycles. The maximum atomic E-state index is 5.83. The number of nitrogens with one attached hydrogen (secondary N) is 2. The van der Waals surface area contributed by atoms with E-state index in [2.05, 4.69) is 32.7 Å². The first kappa shape index (κ1) is 17.3. The third-order valence-corrected chi connectivity index (χ3v) is 4.75. The van der Waals surface area contributed by atoms with Crippen LogP contribution in [0.3, 0.4) is 0 Å². The molecule has 0 saturated heterocycles. The molecule has 0 aliphatic heterocycles. The summed E-state index contributed by atoms with van der Waals surface area (Å²) in [5.41, 5.74) is 2.12. The highest BCUT2D eigenvalue weighted by Gasteiger charge is 2.15. The maximum Gasteiger partial charge on any atom is 0.135 e. The normalized spacial score (nSPS) is 14.1. The summed E-state index contributed by atoms with van der Waals surface area (Å²) in [7, 11) is 0. The van der Waals surface area contributed by atoms with Gasteiger partial charge in [0.1, 0.15) is 30.3 Å². The highest BCUT2D eigenvalue weighted by atomic mass is 16.5. The number of hydrogen-bond donors (Lipinski definition) is 2. The summed E-state index contributed by atoms with van der Waals surface area (Å²) < 4.78 is 5.83. The molecule has 2 N–H and O–H groups in total. The number of anilines is 3. The van der Waals surface area contributed by atoms with Gasteiger partial charge in [0.25, 0.3) is 0 Å². The number of nitrogens with zero attached hydrogens (tertiary/aromatic N) is 2. The molecule has 0 unspecified atom stereocenters. The van der Waals surface area contributed by atoms with Gasteiger partial charge in [-0.15, -0.1) is 0 Å². The minimum Gasteiger partial charge on any atom is -0.489 e. The van der Waals surface area contributed by atoms with E-state index in [1.807, 2.05) is 48.5 Å². The molecule has 2 aromatic carbocycles. The van der Waals surface area contributed by atoms with E-state index in [9.17, 15) is 0 Å². The van der Waals surface area contributed by atoms with Crippen molar-refractivity contribution in [2.24, 2.45) is 0 Å². The Morgan fingerprint density at radius 3 is 2.41 bits per heavy atom. The van der Waals surface area contributed by atoms with Crippen molar-refractivity contribution in [3.8, 4) is 5.75 Å². The van der Waals surface area contributed by atoms with Crippen LogP contribution in [0.5, 0.6) is 5.75 Å². The molecule has 1 fully saturated rings. The molecule has 0 spiro atoms. The fourth-order valence-electron chi connectivity index (χ4n) is 3.31. The summed E-state index contributed by atoms with van der Waals surface area (Å²) in [6.07, 6.45) is 6.63. The van der Waals surface area contributed by atoms with Crippen molar-refractivity contribution in [1.29, 1.82) is 0 Å². The zero-order chi connectivity index (χ0) is 18.3. The minimum atomic E-state index is 0.536. The molecule has 5 heteroatoms. The molecule has 5 nitrogen and oxygen atoms in total. The van der Waals surface area contributed by atoms with Crippen LogP contribution < -0.4 is 15.4 Å². The zero-order valence-electron chi connectivity index (χ0n) is 15.3. The molecule has 0 atom stereocenters. The lowest BCUT2D eigenvalue weighted by atomic mass is 10.2. The largest absolute Gasteiger partial charge is 0.489 e. The monoisotopic (exact) mass is 360 g/mol. The lowest BCUT2D eigenvalue weighted by Gasteiger charge is -2.13. The van der Waals surface area contributed by atoms with Crippen molar-refractivity contribution >= 4 is 17.3 Å². The molecule has 4 rings (SSSR count). The van der Waals surface area contributed by atoms with Crippen molar-refractivity contribution in [1.82, 2.24) is 9.97 Å². The first-order valence-corrected chi connectivity index (χ1v) is 9.47. The van der Waals surface area contributed by atoms with Crippen molar-refractivity contribution in [3.63, 3.8) is 0 Å². The third-order valence-electron chi connectivity index (χ3n) is 4.75. The van der Waals surface area contributed by atoms with Crippen LogP contribution in [-0.4, -0.2) is 16.0 Å². The third kappa shape index (κ3) is 4.97. The van der Waals surface area contributed by atoms with Gasteiger partial charge in [0, 0.05) is 17.8 Å². The van der Waals surface area contributed by atoms with E-state index < -0.39 is 0 Å². The molecule has 1 aliphatic rings. The second-order valence-corrected chi connectivity index (χ2v) is 6.84. The van der Waals surface area contributed by atoms with E-state index in [1.54, 1.807) is 6.33 Å². The van der Waals surface area contributed by atoms with Crippen LogP contribution in [0.15, 0.2) is 67.0 Å². The van der Waals surface area contributed by atoms with Crippen LogP contribution >= 0.6 is 0 Å². The predicted molar refractivity (Wildman–Crippen MR) is 108 cm³/mol. The Morgan fingerprint density at radius 2 is 1.63 bits per heavy atom. The van der Waals surface area contributed by atoms with Gasteiger partial charge in [-0.1, -0.05) is 43.2 Å². The highest BCUT2D eigenvalue weighted by Crippen LogP contribution is 2.23. The van der Waals surface area contributed by atoms with Crippen LogP contribution in [0, 0.1) is 0 Å². The lowest BCUT2D eigenvalue weighted by Crippen LogP contribution is -2.15. The molecule has 1 heterocycles. The van der Waals surface area contributed by atoms with Crippen LogP contribution in [0.4, 0.5) is 17.3 Å². The molecule has 0 amide bonds. The van der Waals surface area contributed by atoms with E-state index >= 15 is 0 Å². The van der Waals surface area contributed by atoms with Crippen LogP contribution in [0.25, 0.3) is 0 Å². The van der Waals surface area contributed by atoms with Gasteiger partial charge in [0.05, 0.1) is 0 Å². The van der Waals surface area contributed by atoms with Crippen LogP contribution in [0.1, 0.15) is 31.2 Å². The van der Waals surface area contributed by atoms with Crippen molar-refractivity contribution in [2.45, 2.75) is 38.3 Å². The molecule has 3 aromatic rings. The van der Waals surface area contributed by atoms with E-state index in [1.165, 1.54) is 25.7 Å². The van der Waals surface area contributed by atoms with Gasteiger partial charge in [-0.05, 0) is 42.7 Å². The first-order chi connectivity index (χ1) is 13.3. The average molecular weight is 360 g/mol. The fraction of sp³-hybridized carbons (Fsp3) is 0.273. The standard InChI is InChI=1S/C22H24N4O/c1-2-6-17(7-3-1)15-27-20-12-10-19(11-13-20)26-22-14-21(23-16-24-22)25-18-8-4-5-9-18/h1-3,6-7,10-14,16,18H,4-5,8-9,15H2,(H2,23,24,25,26). The van der Waals surface area contributed by atoms with Crippen molar-refractivity contribution in [3.05, 3.63) is 72.6 Å². The first-order valence-electron chi connectivity index (χ1n) is 9.47. The lowest BCUT2D eigenvalue weighted by molar-refractivity contribution is 0.306. The SMILES string of the molecule is c1ccc(COc2ccc(Nc3cc(NC4CCCC4)ncn3)cc2)cc1. The van der Waals surface area contributed by atoms with Crippen molar-refractivity contribution in [2.75, 3.05) is 10.6 Å². The maximum absolute atomic E-state index is 5.83. The summed E-state index contributed by atoms with van der Waals surface area (Å²) in [5, 5.41) is 6.82. The smallest absolute Gasteiger partial charge is 0.135 e. The summed E-state index contributed by atoms with van der Waals surface area (Å²) in [6.45, 7) is 0.565. The van der Waals surface area contributed by atoms with Gasteiger partial charge in [0.15, 0.2) is 0 Å². The van der Waals surface area contributed by atoms with Gasteiger partial charge in [-0.3, -0.25) is 0 Å². The number of rotatable bonds is 7. The second kappa shape index (κ2) is 8.54. The number of ether oxygens (including phenoxy) is 1. The molecular formula is C22H24N4O. The van der Waals surface area contributed by atoms with Gasteiger partial charge in [-0.2, -0.15) is 0 Å². The number of aromatic nitrogens is 2. The Kier molecular flexibility index (Phi) is 5.48. The minimum absolute atomic E-state index is 0.536. The molecule has 27 heavy (non-hydrogen) atoms. The average Bonchev–Trinajstić information content (AvgIpc) is 3.22. The summed E-state index contributed by atoms with van der Waals surface area (Å²) in [4.78, 5) is 8.64. The molecule has 1 aliphatic carbocycles. The van der Waals surface area contributed by atoms with Crippen LogP contribution in [0.2, 0.25) is 0 Å². The Morgan fingerprint density at radius 1 is 0.889 bits per heavy atom. The van der Waals surface area contributed by atoms with Gasteiger partial charge in [0.2, 0.25) is 0 Å². The number of benzene rings is 2. The predicted octanol–water partition coefficient (Wildman–Crippen LogP) is 5.15. The Labute approximate surface area is 159 Å². The number of hydrogen-bond acceptors (Lipinski definition) is 5. The quantitative estimate of drug-likeness (QED) is 0.610. The Balaban J connectivity index is 1.34. The molecular weight excluding hydrogens is 336 g/mol. The van der Waals surface area contributed by atoms with E-state index in [4.69, 9.17) is 4.74 Å². The van der Waals surface area contributed by atoms with E-state index in [0.717, 1.165) is 28.6 Å². The molecule has 138 valence electrons. The van der Waals surface area contributed by atoms with Crippen molar-refractivity contribution < 1.29 is 4.74 Å². The van der Waals surface area contributed by atoms with Gasteiger partial charge >= 0.3 is 0 Å². The molecule has 0 bridgehead atoms. The highest BCUT2D eigenvalue weighted by molar-refractivity contribution is 5.59. The summed E-state index contributed by atoms with van der Waals surface area (Å²) in [6, 6.07) is 20.6. The summed E-state index contributed by atoms with van der Waals surface area (Å²) in [5.74, 6) is 2.50. The summed E-state index contributed by atoms with van der Waals surface area (Å²) >= 11 is 0. The Bertz CT molecular complexity index is 846. The topological polar surface area (TPSA) is 59.1 Å². The molecule has 0 radical (unpaired) electrons. The van der Waals surface area contributed by atoms with E-state index in [-0.39, 0.29) is 0 Å².